The van der Waals surface area contributed by atoms with E-state index in [-0.39, 0.29) is 5.91 Å². The number of nitrogens with one attached hydrogen (secondary N) is 1. The Bertz CT molecular complexity index is 1040. The van der Waals surface area contributed by atoms with E-state index in [1.54, 1.807) is 0 Å². The van der Waals surface area contributed by atoms with E-state index in [9.17, 15) is 4.79 Å². The number of aromatic nitrogens is 1. The molecule has 28 heavy (non-hydrogen) atoms. The molecule has 1 aliphatic rings. The Morgan fingerprint density at radius 1 is 1.07 bits per heavy atom. The molecule has 1 amide bonds. The van der Waals surface area contributed by atoms with Gasteiger partial charge in [-0.25, -0.2) is 4.98 Å². The van der Waals surface area contributed by atoms with E-state index in [4.69, 9.17) is 4.98 Å². The van der Waals surface area contributed by atoms with Gasteiger partial charge < -0.3 is 5.32 Å². The molecule has 0 fully saturated rings. The molecule has 1 N–H and O–H groups in total. The number of aryl methyl sites for hydroxylation is 1. The molecule has 0 saturated carbocycles. The van der Waals surface area contributed by atoms with Gasteiger partial charge in [0.2, 0.25) is 0 Å². The number of rotatable bonds is 5. The molecule has 0 aliphatic heterocycles. The summed E-state index contributed by atoms with van der Waals surface area (Å²) >= 11 is 0. The second kappa shape index (κ2) is 8.39. The van der Waals surface area contributed by atoms with Crippen molar-refractivity contribution in [3.05, 3.63) is 77.4 Å². The topological polar surface area (TPSA) is 42.0 Å². The lowest BCUT2D eigenvalue weighted by Gasteiger charge is -2.14. The summed E-state index contributed by atoms with van der Waals surface area (Å²) in [4.78, 5) is 17.8. The smallest absolute Gasteiger partial charge is 0.252 e. The van der Waals surface area contributed by atoms with Crippen molar-refractivity contribution in [1.82, 2.24) is 10.3 Å². The second-order valence-electron chi connectivity index (χ2n) is 7.56. The van der Waals surface area contributed by atoms with Gasteiger partial charge in [0, 0.05) is 17.5 Å². The molecule has 0 saturated heterocycles. The van der Waals surface area contributed by atoms with Crippen LogP contribution in [0.15, 0.2) is 66.2 Å². The highest BCUT2D eigenvalue weighted by Crippen LogP contribution is 2.25. The molecule has 1 heterocycles. The largest absolute Gasteiger partial charge is 0.352 e. The number of carbonyl (C=O) groups excluding carboxylic acids is 1. The fourth-order valence-electron chi connectivity index (χ4n) is 3.88. The van der Waals surface area contributed by atoms with Crippen LogP contribution in [0.5, 0.6) is 0 Å². The lowest BCUT2D eigenvalue weighted by Crippen LogP contribution is -2.25. The molecule has 142 valence electrons. The maximum Gasteiger partial charge on any atom is 0.252 e. The average molecular weight is 370 g/mol. The van der Waals surface area contributed by atoms with Crippen molar-refractivity contribution >= 4 is 16.8 Å². The maximum atomic E-state index is 13.0. The van der Waals surface area contributed by atoms with Gasteiger partial charge in [0.15, 0.2) is 0 Å². The van der Waals surface area contributed by atoms with Crippen molar-refractivity contribution < 1.29 is 4.79 Å². The van der Waals surface area contributed by atoms with Crippen LogP contribution in [0.3, 0.4) is 0 Å². The molecule has 4 rings (SSSR count). The minimum absolute atomic E-state index is 0.0242. The van der Waals surface area contributed by atoms with Gasteiger partial charge in [-0.2, -0.15) is 0 Å². The molecule has 0 spiro atoms. The molecular weight excluding hydrogens is 344 g/mol. The number of nitrogens with zero attached hydrogens (tertiary/aromatic N) is 1. The lowest BCUT2D eigenvalue weighted by atomic mass is 9.97. The molecule has 0 radical (unpaired) electrons. The van der Waals surface area contributed by atoms with Gasteiger partial charge in [-0.15, -0.1) is 0 Å². The summed E-state index contributed by atoms with van der Waals surface area (Å²) in [6, 6.07) is 18.0. The zero-order chi connectivity index (χ0) is 19.3. The zero-order valence-corrected chi connectivity index (χ0v) is 16.4. The van der Waals surface area contributed by atoms with Gasteiger partial charge in [-0.1, -0.05) is 53.6 Å². The van der Waals surface area contributed by atoms with E-state index in [2.05, 4.69) is 30.4 Å². The maximum absolute atomic E-state index is 13.0. The van der Waals surface area contributed by atoms with Gasteiger partial charge in [0.25, 0.3) is 5.91 Å². The molecule has 1 aliphatic carbocycles. The van der Waals surface area contributed by atoms with E-state index in [0.29, 0.717) is 12.1 Å². The molecular formula is C25H26N2O. The van der Waals surface area contributed by atoms with Crippen LogP contribution in [0, 0.1) is 6.92 Å². The van der Waals surface area contributed by atoms with Crippen LogP contribution in [-0.2, 0) is 0 Å². The molecule has 0 atom stereocenters. The minimum atomic E-state index is -0.0242. The molecule has 1 aromatic heterocycles. The zero-order valence-electron chi connectivity index (χ0n) is 16.4. The second-order valence-corrected chi connectivity index (χ2v) is 7.56. The highest BCUT2D eigenvalue weighted by Gasteiger charge is 2.14. The van der Waals surface area contributed by atoms with Crippen molar-refractivity contribution in [2.24, 2.45) is 0 Å². The third kappa shape index (κ3) is 4.14. The number of hydrogen-bond acceptors (Lipinski definition) is 2. The summed E-state index contributed by atoms with van der Waals surface area (Å²) in [6.07, 6.45) is 8.20. The summed E-state index contributed by atoms with van der Waals surface area (Å²) in [5, 5.41) is 4.02. The van der Waals surface area contributed by atoms with Crippen molar-refractivity contribution in [2.75, 3.05) is 6.54 Å². The molecule has 3 aromatic rings. The number of benzene rings is 2. The summed E-state index contributed by atoms with van der Waals surface area (Å²) < 4.78 is 0. The van der Waals surface area contributed by atoms with Gasteiger partial charge >= 0.3 is 0 Å². The Kier molecular flexibility index (Phi) is 5.52. The van der Waals surface area contributed by atoms with Crippen LogP contribution in [0.2, 0.25) is 0 Å². The average Bonchev–Trinajstić information content (AvgIpc) is 2.73. The fraction of sp³-hybridized carbons (Fsp3) is 0.280. The molecule has 0 unspecified atom stereocenters. The Morgan fingerprint density at radius 2 is 1.96 bits per heavy atom. The Hall–Kier alpha value is -2.94. The first-order valence-corrected chi connectivity index (χ1v) is 10.1. The Morgan fingerprint density at radius 3 is 2.79 bits per heavy atom. The number of fused-ring (bicyclic) bond motifs is 1. The minimum Gasteiger partial charge on any atom is -0.352 e. The Labute approximate surface area is 166 Å². The van der Waals surface area contributed by atoms with Gasteiger partial charge in [-0.3, -0.25) is 4.79 Å². The normalized spacial score (nSPS) is 14.0. The van der Waals surface area contributed by atoms with Crippen LogP contribution < -0.4 is 5.32 Å². The SMILES string of the molecule is Cc1cccc(-c2cc(C(=O)NCCC3=CCCCC3)c3ccccc3n2)c1. The quantitative estimate of drug-likeness (QED) is 0.574. The number of pyridine rings is 1. The predicted molar refractivity (Wildman–Crippen MR) is 115 cm³/mol. The lowest BCUT2D eigenvalue weighted by molar-refractivity contribution is 0.0955. The van der Waals surface area contributed by atoms with Gasteiger partial charge in [0.1, 0.15) is 0 Å². The van der Waals surface area contributed by atoms with Gasteiger partial charge in [0.05, 0.1) is 16.8 Å². The summed E-state index contributed by atoms with van der Waals surface area (Å²) in [5.74, 6) is -0.0242. The van der Waals surface area contributed by atoms with Crippen LogP contribution in [0.25, 0.3) is 22.2 Å². The van der Waals surface area contributed by atoms with Crippen molar-refractivity contribution in [1.29, 1.82) is 0 Å². The molecule has 3 heteroatoms. The number of allylic oxidation sites excluding steroid dienone is 1. The standard InChI is InChI=1S/C25H26N2O/c1-18-8-7-11-20(16-18)24-17-22(21-12-5-6-13-23(21)27-24)25(28)26-15-14-19-9-3-2-4-10-19/h5-9,11-13,16-17H,2-4,10,14-15H2,1H3,(H,26,28). The van der Waals surface area contributed by atoms with Crippen LogP contribution in [0.1, 0.15) is 48.0 Å². The van der Waals surface area contributed by atoms with Crippen molar-refractivity contribution in [2.45, 2.75) is 39.0 Å². The first-order valence-electron chi connectivity index (χ1n) is 10.1. The van der Waals surface area contributed by atoms with Crippen molar-refractivity contribution in [3.63, 3.8) is 0 Å². The monoisotopic (exact) mass is 370 g/mol. The highest BCUT2D eigenvalue weighted by molar-refractivity contribution is 6.07. The predicted octanol–water partition coefficient (Wildman–Crippen LogP) is 5.83. The Balaban J connectivity index is 1.61. The first kappa shape index (κ1) is 18.4. The van der Waals surface area contributed by atoms with E-state index >= 15 is 0 Å². The van der Waals surface area contributed by atoms with Crippen LogP contribution >= 0.6 is 0 Å². The van der Waals surface area contributed by atoms with Crippen LogP contribution in [-0.4, -0.2) is 17.4 Å². The van der Waals surface area contributed by atoms with E-state index in [1.165, 1.54) is 36.8 Å². The molecule has 2 aromatic carbocycles. The third-order valence-corrected chi connectivity index (χ3v) is 5.39. The van der Waals surface area contributed by atoms with E-state index < -0.39 is 0 Å². The summed E-state index contributed by atoms with van der Waals surface area (Å²) in [6.45, 7) is 2.75. The van der Waals surface area contributed by atoms with Crippen molar-refractivity contribution in [3.8, 4) is 11.3 Å². The number of amides is 1. The number of hydrogen-bond donors (Lipinski definition) is 1. The molecule has 0 bridgehead atoms. The summed E-state index contributed by atoms with van der Waals surface area (Å²) in [5.41, 5.74) is 6.07. The fourth-order valence-corrected chi connectivity index (χ4v) is 3.88. The first-order chi connectivity index (χ1) is 13.7. The number of carbonyl (C=O) groups is 1. The van der Waals surface area contributed by atoms with Gasteiger partial charge in [-0.05, 0) is 57.2 Å². The number of para-hydroxylation sites is 1. The summed E-state index contributed by atoms with van der Waals surface area (Å²) in [7, 11) is 0. The van der Waals surface area contributed by atoms with E-state index in [0.717, 1.165) is 28.6 Å². The highest BCUT2D eigenvalue weighted by atomic mass is 16.1. The third-order valence-electron chi connectivity index (χ3n) is 5.39. The van der Waals surface area contributed by atoms with Crippen LogP contribution in [0.4, 0.5) is 0 Å². The molecule has 3 nitrogen and oxygen atoms in total. The van der Waals surface area contributed by atoms with E-state index in [1.807, 2.05) is 42.5 Å².